The lowest BCUT2D eigenvalue weighted by Gasteiger charge is -2.28. The molecular weight excluding hydrogens is 308 g/mol. The van der Waals surface area contributed by atoms with Gasteiger partial charge in [0.05, 0.1) is 11.6 Å². The molecule has 0 saturated heterocycles. The van der Waals surface area contributed by atoms with E-state index in [0.717, 1.165) is 10.6 Å². The first-order chi connectivity index (χ1) is 10.7. The van der Waals surface area contributed by atoms with Crippen molar-refractivity contribution in [2.45, 2.75) is 52.2 Å². The zero-order valence-electron chi connectivity index (χ0n) is 14.3. The number of amides is 1. The maximum Gasteiger partial charge on any atom is 0.271 e. The molecule has 1 amide bonds. The van der Waals surface area contributed by atoms with Crippen molar-refractivity contribution in [3.63, 3.8) is 0 Å². The summed E-state index contributed by atoms with van der Waals surface area (Å²) in [6.07, 6.45) is -0.645. The molecule has 1 aromatic carbocycles. The number of aliphatic hydroxyl groups excluding tert-OH is 1. The number of hydrogen-bond donors (Lipinski definition) is 2. The van der Waals surface area contributed by atoms with Gasteiger partial charge in [-0.2, -0.15) is 0 Å². The van der Waals surface area contributed by atoms with Crippen molar-refractivity contribution in [2.75, 3.05) is 0 Å². The fourth-order valence-corrected chi connectivity index (χ4v) is 2.79. The van der Waals surface area contributed by atoms with Crippen LogP contribution >= 0.6 is 11.3 Å². The van der Waals surface area contributed by atoms with Gasteiger partial charge in [0.2, 0.25) is 0 Å². The molecule has 1 heterocycles. The number of carbonyl (C=O) groups is 1. The second-order valence-corrected chi connectivity index (χ2v) is 7.52. The number of hydrogen-bond acceptors (Lipinski definition) is 4. The van der Waals surface area contributed by atoms with Gasteiger partial charge in [-0.25, -0.2) is 4.98 Å². The summed E-state index contributed by atoms with van der Waals surface area (Å²) in [6.45, 7) is 9.54. The number of carbonyl (C=O) groups excluding carboxylic acids is 1. The quantitative estimate of drug-likeness (QED) is 0.875. The smallest absolute Gasteiger partial charge is 0.271 e. The van der Waals surface area contributed by atoms with Crippen LogP contribution in [-0.4, -0.2) is 27.6 Å². The van der Waals surface area contributed by atoms with E-state index in [1.165, 1.54) is 16.9 Å². The van der Waals surface area contributed by atoms with E-state index in [0.29, 0.717) is 11.6 Å². The second kappa shape index (κ2) is 6.81. The minimum atomic E-state index is -0.695. The van der Waals surface area contributed by atoms with Gasteiger partial charge in [-0.3, -0.25) is 4.79 Å². The van der Waals surface area contributed by atoms with Crippen LogP contribution in [0.5, 0.6) is 0 Å². The van der Waals surface area contributed by atoms with Crippen LogP contribution < -0.4 is 5.32 Å². The van der Waals surface area contributed by atoms with Crippen LogP contribution in [0.1, 0.15) is 56.6 Å². The first kappa shape index (κ1) is 17.6. The molecule has 2 rings (SSSR count). The van der Waals surface area contributed by atoms with Crippen LogP contribution in [0.15, 0.2) is 29.6 Å². The summed E-state index contributed by atoms with van der Waals surface area (Å²) in [5.41, 5.74) is 1.97. The number of aliphatic hydroxyl groups is 1. The van der Waals surface area contributed by atoms with Crippen LogP contribution in [0.4, 0.5) is 0 Å². The predicted molar refractivity (Wildman–Crippen MR) is 94.9 cm³/mol. The number of nitrogens with one attached hydrogen (secondary N) is 1. The van der Waals surface area contributed by atoms with Crippen LogP contribution in [0.25, 0.3) is 10.6 Å². The van der Waals surface area contributed by atoms with Crippen LogP contribution in [0, 0.1) is 0 Å². The maximum atomic E-state index is 12.3. The Hall–Kier alpha value is -1.72. The standard InChI is InChI=1S/C18H24N2O2S/c1-11(2)13-6-8-14(9-7-13)17-19-15(10-23-17)16(22)20-18(4,5)12(3)21/h6-12,21H,1-5H3,(H,20,22)/t12-/m0/s1. The van der Waals surface area contributed by atoms with Crippen molar-refractivity contribution in [3.8, 4) is 10.6 Å². The maximum absolute atomic E-state index is 12.3. The number of benzene rings is 1. The van der Waals surface area contributed by atoms with Gasteiger partial charge in [-0.05, 0) is 32.3 Å². The van der Waals surface area contributed by atoms with Gasteiger partial charge >= 0.3 is 0 Å². The van der Waals surface area contributed by atoms with E-state index in [2.05, 4.69) is 36.3 Å². The third-order valence-corrected chi connectivity index (χ3v) is 4.93. The number of aromatic nitrogens is 1. The monoisotopic (exact) mass is 332 g/mol. The zero-order valence-corrected chi connectivity index (χ0v) is 15.1. The first-order valence-electron chi connectivity index (χ1n) is 7.77. The lowest BCUT2D eigenvalue weighted by Crippen LogP contribution is -2.51. The van der Waals surface area contributed by atoms with Crippen molar-refractivity contribution in [1.29, 1.82) is 0 Å². The van der Waals surface area contributed by atoms with Crippen molar-refractivity contribution < 1.29 is 9.90 Å². The third-order valence-electron chi connectivity index (χ3n) is 4.04. The van der Waals surface area contributed by atoms with Gasteiger partial charge in [-0.15, -0.1) is 11.3 Å². The molecule has 0 bridgehead atoms. The molecule has 2 aromatic rings. The molecule has 2 N–H and O–H groups in total. The molecule has 1 aromatic heterocycles. The largest absolute Gasteiger partial charge is 0.391 e. The van der Waals surface area contributed by atoms with Crippen molar-refractivity contribution in [2.24, 2.45) is 0 Å². The summed E-state index contributed by atoms with van der Waals surface area (Å²) in [4.78, 5) is 16.7. The average molecular weight is 332 g/mol. The van der Waals surface area contributed by atoms with Crippen LogP contribution in [0.3, 0.4) is 0 Å². The minimum absolute atomic E-state index is 0.266. The molecular formula is C18H24N2O2S. The fraction of sp³-hybridized carbons (Fsp3) is 0.444. The minimum Gasteiger partial charge on any atom is -0.391 e. The third kappa shape index (κ3) is 4.18. The molecule has 0 radical (unpaired) electrons. The number of nitrogens with zero attached hydrogens (tertiary/aromatic N) is 1. The number of thiazole rings is 1. The second-order valence-electron chi connectivity index (χ2n) is 6.67. The molecule has 5 heteroatoms. The summed E-state index contributed by atoms with van der Waals surface area (Å²) in [5, 5.41) is 15.1. The summed E-state index contributed by atoms with van der Waals surface area (Å²) >= 11 is 1.45. The Morgan fingerprint density at radius 1 is 1.22 bits per heavy atom. The molecule has 0 aliphatic carbocycles. The van der Waals surface area contributed by atoms with E-state index < -0.39 is 11.6 Å². The Morgan fingerprint density at radius 2 is 1.83 bits per heavy atom. The lowest BCUT2D eigenvalue weighted by molar-refractivity contribution is 0.0706. The van der Waals surface area contributed by atoms with E-state index in [1.807, 2.05) is 12.1 Å². The molecule has 1 atom stereocenters. The summed E-state index contributed by atoms with van der Waals surface area (Å²) in [6, 6.07) is 8.26. The molecule has 23 heavy (non-hydrogen) atoms. The Labute approximate surface area is 141 Å². The summed E-state index contributed by atoms with van der Waals surface area (Å²) in [7, 11) is 0. The van der Waals surface area contributed by atoms with Crippen LogP contribution in [0.2, 0.25) is 0 Å². The van der Waals surface area contributed by atoms with E-state index in [4.69, 9.17) is 0 Å². The predicted octanol–water partition coefficient (Wildman–Crippen LogP) is 3.82. The highest BCUT2D eigenvalue weighted by molar-refractivity contribution is 7.13. The topological polar surface area (TPSA) is 62.2 Å². The zero-order chi connectivity index (χ0) is 17.2. The highest BCUT2D eigenvalue weighted by Crippen LogP contribution is 2.26. The van der Waals surface area contributed by atoms with Gasteiger partial charge in [-0.1, -0.05) is 38.1 Å². The average Bonchev–Trinajstić information content (AvgIpc) is 2.96. The molecule has 124 valence electrons. The molecule has 0 spiro atoms. The van der Waals surface area contributed by atoms with E-state index in [9.17, 15) is 9.90 Å². The van der Waals surface area contributed by atoms with Crippen molar-refractivity contribution in [3.05, 3.63) is 40.9 Å². The van der Waals surface area contributed by atoms with Gasteiger partial charge in [0, 0.05) is 10.9 Å². The Balaban J connectivity index is 2.15. The molecule has 0 unspecified atom stereocenters. The van der Waals surface area contributed by atoms with E-state index >= 15 is 0 Å². The van der Waals surface area contributed by atoms with Gasteiger partial charge in [0.15, 0.2) is 0 Å². The van der Waals surface area contributed by atoms with Gasteiger partial charge in [0.1, 0.15) is 10.7 Å². The van der Waals surface area contributed by atoms with Gasteiger partial charge in [0.25, 0.3) is 5.91 Å². The van der Waals surface area contributed by atoms with E-state index in [-0.39, 0.29) is 5.91 Å². The molecule has 0 saturated carbocycles. The molecule has 0 aliphatic rings. The molecule has 0 fully saturated rings. The molecule has 4 nitrogen and oxygen atoms in total. The number of rotatable bonds is 5. The Bertz CT molecular complexity index is 673. The SMILES string of the molecule is CC(C)c1ccc(-c2nc(C(=O)NC(C)(C)[C@H](C)O)cs2)cc1. The first-order valence-corrected chi connectivity index (χ1v) is 8.65. The summed E-state index contributed by atoms with van der Waals surface area (Å²) in [5.74, 6) is 0.224. The Kier molecular flexibility index (Phi) is 5.22. The highest BCUT2D eigenvalue weighted by Gasteiger charge is 2.27. The Morgan fingerprint density at radius 3 is 2.35 bits per heavy atom. The summed E-state index contributed by atoms with van der Waals surface area (Å²) < 4.78 is 0. The lowest BCUT2D eigenvalue weighted by atomic mass is 9.99. The van der Waals surface area contributed by atoms with E-state index in [1.54, 1.807) is 26.2 Å². The van der Waals surface area contributed by atoms with Gasteiger partial charge < -0.3 is 10.4 Å². The van der Waals surface area contributed by atoms with Crippen molar-refractivity contribution in [1.82, 2.24) is 10.3 Å². The highest BCUT2D eigenvalue weighted by atomic mass is 32.1. The van der Waals surface area contributed by atoms with Crippen molar-refractivity contribution >= 4 is 17.2 Å². The van der Waals surface area contributed by atoms with Crippen LogP contribution in [-0.2, 0) is 0 Å². The normalized spacial score (nSPS) is 13.2. The molecule has 0 aliphatic heterocycles. The fourth-order valence-electron chi connectivity index (χ4n) is 1.98.